The fraction of sp³-hybridized carbons (Fsp3) is 0.316. The van der Waals surface area contributed by atoms with Crippen LogP contribution in [0.5, 0.6) is 0 Å². The van der Waals surface area contributed by atoms with E-state index >= 15 is 0 Å². The number of hydrogen-bond acceptors (Lipinski definition) is 4. The molecule has 1 aliphatic heterocycles. The van der Waals surface area contributed by atoms with E-state index in [0.717, 1.165) is 29.3 Å². The molecule has 24 heavy (non-hydrogen) atoms. The number of hydrazine groups is 1. The maximum atomic E-state index is 5.71. The van der Waals surface area contributed by atoms with Gasteiger partial charge in [-0.1, -0.05) is 30.3 Å². The Morgan fingerprint density at radius 1 is 1.04 bits per heavy atom. The Kier molecular flexibility index (Phi) is 3.96. The van der Waals surface area contributed by atoms with Crippen LogP contribution in [0.15, 0.2) is 59.5 Å². The lowest BCUT2D eigenvalue weighted by atomic mass is 9.96. The lowest BCUT2D eigenvalue weighted by molar-refractivity contribution is 0.383. The molecule has 2 aromatic heterocycles. The van der Waals surface area contributed by atoms with Crippen molar-refractivity contribution in [1.29, 1.82) is 0 Å². The lowest BCUT2D eigenvalue weighted by Crippen LogP contribution is -2.30. The number of nitrogens with one attached hydrogen (secondary N) is 2. The Balaban J connectivity index is 1.76. The van der Waals surface area contributed by atoms with Crippen LogP contribution >= 0.6 is 0 Å². The van der Waals surface area contributed by atoms with Crippen LogP contribution in [-0.2, 0) is 6.54 Å². The van der Waals surface area contributed by atoms with Crippen molar-refractivity contribution in [3.63, 3.8) is 0 Å². The molecule has 124 valence electrons. The molecule has 0 spiro atoms. The van der Waals surface area contributed by atoms with Crippen molar-refractivity contribution in [3.05, 3.63) is 55.1 Å². The van der Waals surface area contributed by atoms with Gasteiger partial charge >= 0.3 is 0 Å². The second kappa shape index (κ2) is 6.26. The number of aromatic nitrogens is 2. The number of rotatable bonds is 4. The van der Waals surface area contributed by atoms with Gasteiger partial charge < -0.3 is 8.98 Å². The van der Waals surface area contributed by atoms with Crippen LogP contribution in [0, 0.1) is 5.92 Å². The van der Waals surface area contributed by atoms with Crippen LogP contribution < -0.4 is 10.9 Å². The molecule has 2 N–H and O–H groups in total. The topological polar surface area (TPSA) is 55.0 Å². The molecule has 5 nitrogen and oxygen atoms in total. The van der Waals surface area contributed by atoms with E-state index in [0.29, 0.717) is 18.0 Å². The Morgan fingerprint density at radius 2 is 1.79 bits per heavy atom. The normalized spacial score (nSPS) is 23.7. The minimum Gasteiger partial charge on any atom is -0.463 e. The SMILES string of the molecule is CC1NNC(C)C1Cn1cnc(-c2ccccc2)c1-c1ccco1. The van der Waals surface area contributed by atoms with Gasteiger partial charge in [0.1, 0.15) is 5.69 Å². The van der Waals surface area contributed by atoms with Crippen LogP contribution in [-0.4, -0.2) is 21.6 Å². The molecule has 3 heterocycles. The molecule has 5 heteroatoms. The molecule has 2 atom stereocenters. The summed E-state index contributed by atoms with van der Waals surface area (Å²) in [5, 5.41) is 0. The van der Waals surface area contributed by atoms with E-state index in [2.05, 4.69) is 41.4 Å². The van der Waals surface area contributed by atoms with Crippen LogP contribution in [0.25, 0.3) is 22.7 Å². The zero-order valence-electron chi connectivity index (χ0n) is 13.9. The Bertz CT molecular complexity index is 784. The molecular weight excluding hydrogens is 300 g/mol. The zero-order valence-corrected chi connectivity index (χ0v) is 13.9. The van der Waals surface area contributed by atoms with Crippen molar-refractivity contribution in [3.8, 4) is 22.7 Å². The molecule has 0 saturated carbocycles. The average molecular weight is 322 g/mol. The first-order chi connectivity index (χ1) is 11.7. The lowest BCUT2D eigenvalue weighted by Gasteiger charge is -2.19. The highest BCUT2D eigenvalue weighted by molar-refractivity contribution is 5.76. The van der Waals surface area contributed by atoms with Crippen LogP contribution in [0.2, 0.25) is 0 Å². The minimum absolute atomic E-state index is 0.409. The molecular formula is C19H22N4O. The summed E-state index contributed by atoms with van der Waals surface area (Å²) >= 11 is 0. The van der Waals surface area contributed by atoms with Gasteiger partial charge in [0.05, 0.1) is 18.3 Å². The summed E-state index contributed by atoms with van der Waals surface area (Å²) < 4.78 is 7.92. The third kappa shape index (κ3) is 2.66. The van der Waals surface area contributed by atoms with Gasteiger partial charge in [-0.3, -0.25) is 10.9 Å². The molecule has 1 saturated heterocycles. The van der Waals surface area contributed by atoms with Crippen LogP contribution in [0.4, 0.5) is 0 Å². The molecule has 1 fully saturated rings. The second-order valence-corrected chi connectivity index (χ2v) is 6.47. The third-order valence-corrected chi connectivity index (χ3v) is 4.87. The second-order valence-electron chi connectivity index (χ2n) is 6.47. The quantitative estimate of drug-likeness (QED) is 0.774. The molecule has 0 aliphatic carbocycles. The molecule has 1 aliphatic rings. The monoisotopic (exact) mass is 322 g/mol. The fourth-order valence-corrected chi connectivity index (χ4v) is 3.45. The van der Waals surface area contributed by atoms with Crippen molar-refractivity contribution in [2.45, 2.75) is 32.5 Å². The van der Waals surface area contributed by atoms with Crippen molar-refractivity contribution in [1.82, 2.24) is 20.4 Å². The smallest absolute Gasteiger partial charge is 0.152 e. The Morgan fingerprint density at radius 3 is 2.46 bits per heavy atom. The summed E-state index contributed by atoms with van der Waals surface area (Å²) in [5.74, 6) is 1.34. The standard InChI is InChI=1S/C19H22N4O/c1-13-16(14(2)22-21-13)11-23-12-20-18(15-7-4-3-5-8-15)19(23)17-9-6-10-24-17/h3-10,12-14,16,21-22H,11H2,1-2H3. The van der Waals surface area contributed by atoms with Gasteiger partial charge in [0, 0.05) is 30.1 Å². The Hall–Kier alpha value is -2.37. The van der Waals surface area contributed by atoms with Gasteiger partial charge in [0.15, 0.2) is 5.76 Å². The predicted octanol–water partition coefficient (Wildman–Crippen LogP) is 3.31. The number of hydrogen-bond donors (Lipinski definition) is 2. The van der Waals surface area contributed by atoms with Crippen LogP contribution in [0.3, 0.4) is 0 Å². The first-order valence-electron chi connectivity index (χ1n) is 8.39. The summed E-state index contributed by atoms with van der Waals surface area (Å²) in [4.78, 5) is 4.70. The van der Waals surface area contributed by atoms with E-state index in [9.17, 15) is 0 Å². The van der Waals surface area contributed by atoms with E-state index in [4.69, 9.17) is 9.40 Å². The first-order valence-corrected chi connectivity index (χ1v) is 8.39. The largest absolute Gasteiger partial charge is 0.463 e. The third-order valence-electron chi connectivity index (χ3n) is 4.87. The average Bonchev–Trinajstić information content (AvgIpc) is 3.32. The maximum absolute atomic E-state index is 5.71. The molecule has 1 aromatic carbocycles. The van der Waals surface area contributed by atoms with Crippen LogP contribution in [0.1, 0.15) is 13.8 Å². The number of imidazole rings is 1. The van der Waals surface area contributed by atoms with E-state index in [1.165, 1.54) is 0 Å². The van der Waals surface area contributed by atoms with E-state index < -0.39 is 0 Å². The van der Waals surface area contributed by atoms with Gasteiger partial charge in [-0.25, -0.2) is 4.98 Å². The van der Waals surface area contributed by atoms with Crippen molar-refractivity contribution >= 4 is 0 Å². The first kappa shape index (κ1) is 15.2. The number of nitrogens with zero attached hydrogens (tertiary/aromatic N) is 2. The van der Waals surface area contributed by atoms with Gasteiger partial charge in [-0.2, -0.15) is 0 Å². The van der Waals surface area contributed by atoms with Crippen molar-refractivity contribution in [2.24, 2.45) is 5.92 Å². The molecule has 4 rings (SSSR count). The van der Waals surface area contributed by atoms with E-state index in [1.807, 2.05) is 36.7 Å². The van der Waals surface area contributed by atoms with Gasteiger partial charge in [-0.05, 0) is 26.0 Å². The molecule has 0 amide bonds. The predicted molar refractivity (Wildman–Crippen MR) is 94.1 cm³/mol. The summed E-state index contributed by atoms with van der Waals surface area (Å²) in [7, 11) is 0. The van der Waals surface area contributed by atoms with Gasteiger partial charge in [0.25, 0.3) is 0 Å². The molecule has 2 unspecified atom stereocenters. The minimum atomic E-state index is 0.409. The number of benzene rings is 1. The maximum Gasteiger partial charge on any atom is 0.152 e. The summed E-state index contributed by atoms with van der Waals surface area (Å²) in [6.45, 7) is 5.31. The van der Waals surface area contributed by atoms with Crippen molar-refractivity contribution < 1.29 is 4.42 Å². The molecule has 0 radical (unpaired) electrons. The Labute approximate surface area is 141 Å². The van der Waals surface area contributed by atoms with Gasteiger partial charge in [-0.15, -0.1) is 0 Å². The summed E-state index contributed by atoms with van der Waals surface area (Å²) in [6, 6.07) is 15.0. The molecule has 3 aromatic rings. The fourth-order valence-electron chi connectivity index (χ4n) is 3.45. The van der Waals surface area contributed by atoms with E-state index in [-0.39, 0.29) is 0 Å². The van der Waals surface area contributed by atoms with Gasteiger partial charge in [0.2, 0.25) is 0 Å². The highest BCUT2D eigenvalue weighted by Crippen LogP contribution is 2.32. The summed E-state index contributed by atoms with van der Waals surface area (Å²) in [6.07, 6.45) is 3.64. The highest BCUT2D eigenvalue weighted by atomic mass is 16.3. The number of furan rings is 1. The zero-order chi connectivity index (χ0) is 16.5. The summed E-state index contributed by atoms with van der Waals surface area (Å²) in [5.41, 5.74) is 9.76. The van der Waals surface area contributed by atoms with Crippen molar-refractivity contribution in [2.75, 3.05) is 0 Å². The molecule has 0 bridgehead atoms. The highest BCUT2D eigenvalue weighted by Gasteiger charge is 2.31. The van der Waals surface area contributed by atoms with E-state index in [1.54, 1.807) is 6.26 Å².